The number of ketones is 1. The van der Waals surface area contributed by atoms with Crippen LogP contribution in [0.15, 0.2) is 24.3 Å². The Kier molecular flexibility index (Phi) is 4.25. The molecule has 0 amide bonds. The third kappa shape index (κ3) is 2.50. The van der Waals surface area contributed by atoms with Gasteiger partial charge in [0.05, 0.1) is 5.54 Å². The summed E-state index contributed by atoms with van der Waals surface area (Å²) < 4.78 is 0. The van der Waals surface area contributed by atoms with Gasteiger partial charge in [0.25, 0.3) is 0 Å². The normalized spacial score (nSPS) is 11.5. The van der Waals surface area contributed by atoms with Crippen molar-refractivity contribution in [2.24, 2.45) is 5.73 Å². The highest BCUT2D eigenvalue weighted by Crippen LogP contribution is 2.19. The zero-order chi connectivity index (χ0) is 12.2. The summed E-state index contributed by atoms with van der Waals surface area (Å²) in [5.41, 5.74) is 7.33. The van der Waals surface area contributed by atoms with Crippen molar-refractivity contribution in [3.05, 3.63) is 35.4 Å². The molecule has 0 bridgehead atoms. The Balaban J connectivity index is 3.04. The van der Waals surface area contributed by atoms with Gasteiger partial charge < -0.3 is 5.73 Å². The fourth-order valence-electron chi connectivity index (χ4n) is 1.79. The molecule has 2 heteroatoms. The van der Waals surface area contributed by atoms with E-state index in [-0.39, 0.29) is 5.78 Å². The average Bonchev–Trinajstić information content (AvgIpc) is 2.37. The predicted octanol–water partition coefficient (Wildman–Crippen LogP) is 2.95. The Labute approximate surface area is 97.9 Å². The van der Waals surface area contributed by atoms with E-state index in [1.807, 2.05) is 38.1 Å². The molecular weight excluding hydrogens is 198 g/mol. The van der Waals surface area contributed by atoms with Crippen LogP contribution in [-0.4, -0.2) is 11.3 Å². The highest BCUT2D eigenvalue weighted by molar-refractivity contribution is 6.03. The fraction of sp³-hybridized carbons (Fsp3) is 0.500. The van der Waals surface area contributed by atoms with Crippen LogP contribution in [0.5, 0.6) is 0 Å². The van der Waals surface area contributed by atoms with Crippen molar-refractivity contribution in [3.63, 3.8) is 0 Å². The second-order valence-corrected chi connectivity index (χ2v) is 4.25. The van der Waals surface area contributed by atoms with Crippen LogP contribution in [0.4, 0.5) is 0 Å². The van der Waals surface area contributed by atoms with E-state index in [0.717, 1.165) is 12.0 Å². The predicted molar refractivity (Wildman–Crippen MR) is 67.7 cm³/mol. The molecule has 2 nitrogen and oxygen atoms in total. The van der Waals surface area contributed by atoms with Gasteiger partial charge in [-0.25, -0.2) is 0 Å². The first-order valence-electron chi connectivity index (χ1n) is 6.00. The standard InChI is InChI=1S/C14H21NO/c1-4-11-8-7-9-12(10-11)13(16)14(15,5-2)6-3/h7-10H,4-6,15H2,1-3H3. The minimum absolute atomic E-state index is 0.0628. The van der Waals surface area contributed by atoms with E-state index < -0.39 is 5.54 Å². The molecular formula is C14H21NO. The van der Waals surface area contributed by atoms with E-state index >= 15 is 0 Å². The minimum atomic E-state index is -0.702. The monoisotopic (exact) mass is 219 g/mol. The molecule has 0 aromatic heterocycles. The van der Waals surface area contributed by atoms with Gasteiger partial charge in [-0.15, -0.1) is 0 Å². The quantitative estimate of drug-likeness (QED) is 0.774. The molecule has 0 aliphatic carbocycles. The lowest BCUT2D eigenvalue weighted by Gasteiger charge is -2.25. The molecule has 1 rings (SSSR count). The van der Waals surface area contributed by atoms with Gasteiger partial charge in [-0.05, 0) is 30.9 Å². The summed E-state index contributed by atoms with van der Waals surface area (Å²) in [6, 6.07) is 7.77. The van der Waals surface area contributed by atoms with Crippen molar-refractivity contribution >= 4 is 5.78 Å². The van der Waals surface area contributed by atoms with Crippen molar-refractivity contribution in [1.29, 1.82) is 0 Å². The molecule has 0 saturated heterocycles. The van der Waals surface area contributed by atoms with Crippen molar-refractivity contribution in [1.82, 2.24) is 0 Å². The van der Waals surface area contributed by atoms with Crippen molar-refractivity contribution in [2.45, 2.75) is 45.6 Å². The summed E-state index contributed by atoms with van der Waals surface area (Å²) in [6.07, 6.45) is 2.30. The molecule has 1 aromatic rings. The summed E-state index contributed by atoms with van der Waals surface area (Å²) >= 11 is 0. The molecule has 0 atom stereocenters. The third-order valence-electron chi connectivity index (χ3n) is 3.31. The SMILES string of the molecule is CCc1cccc(C(=O)C(N)(CC)CC)c1. The van der Waals surface area contributed by atoms with Crippen molar-refractivity contribution in [3.8, 4) is 0 Å². The average molecular weight is 219 g/mol. The second kappa shape index (κ2) is 5.26. The molecule has 0 aliphatic heterocycles. The molecule has 0 aliphatic rings. The number of hydrogen-bond acceptors (Lipinski definition) is 2. The van der Waals surface area contributed by atoms with Crippen LogP contribution < -0.4 is 5.73 Å². The zero-order valence-corrected chi connectivity index (χ0v) is 10.4. The van der Waals surface area contributed by atoms with Gasteiger partial charge in [0, 0.05) is 5.56 Å². The van der Waals surface area contributed by atoms with Crippen LogP contribution in [0.3, 0.4) is 0 Å². The van der Waals surface area contributed by atoms with Gasteiger partial charge in [0.15, 0.2) is 5.78 Å². The third-order valence-corrected chi connectivity index (χ3v) is 3.31. The lowest BCUT2D eigenvalue weighted by atomic mass is 9.85. The lowest BCUT2D eigenvalue weighted by Crippen LogP contribution is -2.46. The molecule has 88 valence electrons. The number of carbonyl (C=O) groups excluding carboxylic acids is 1. The van der Waals surface area contributed by atoms with Gasteiger partial charge in [-0.2, -0.15) is 0 Å². The Morgan fingerprint density at radius 2 is 1.88 bits per heavy atom. The molecule has 1 aromatic carbocycles. The topological polar surface area (TPSA) is 43.1 Å². The zero-order valence-electron chi connectivity index (χ0n) is 10.4. The Hall–Kier alpha value is -1.15. The highest BCUT2D eigenvalue weighted by Gasteiger charge is 2.30. The van der Waals surface area contributed by atoms with Crippen molar-refractivity contribution < 1.29 is 4.79 Å². The van der Waals surface area contributed by atoms with E-state index in [2.05, 4.69) is 6.92 Å². The van der Waals surface area contributed by atoms with E-state index in [0.29, 0.717) is 12.8 Å². The number of hydrogen-bond donors (Lipinski definition) is 1. The van der Waals surface area contributed by atoms with Crippen LogP contribution in [0.1, 0.15) is 49.5 Å². The number of aryl methyl sites for hydroxylation is 1. The number of Topliss-reactive ketones (excluding diaryl/α,β-unsaturated/α-hetero) is 1. The molecule has 0 saturated carbocycles. The van der Waals surface area contributed by atoms with Gasteiger partial charge in [-0.1, -0.05) is 39.0 Å². The fourth-order valence-corrected chi connectivity index (χ4v) is 1.79. The van der Waals surface area contributed by atoms with Gasteiger partial charge >= 0.3 is 0 Å². The van der Waals surface area contributed by atoms with E-state index in [1.165, 1.54) is 5.56 Å². The second-order valence-electron chi connectivity index (χ2n) is 4.25. The van der Waals surface area contributed by atoms with Gasteiger partial charge in [-0.3, -0.25) is 4.79 Å². The molecule has 0 radical (unpaired) electrons. The van der Waals surface area contributed by atoms with Crippen LogP contribution >= 0.6 is 0 Å². The number of benzene rings is 1. The molecule has 16 heavy (non-hydrogen) atoms. The first kappa shape index (κ1) is 12.9. The molecule has 0 heterocycles. The molecule has 0 fully saturated rings. The van der Waals surface area contributed by atoms with Gasteiger partial charge in [0.2, 0.25) is 0 Å². The van der Waals surface area contributed by atoms with E-state index in [1.54, 1.807) is 0 Å². The first-order chi connectivity index (χ1) is 7.57. The minimum Gasteiger partial charge on any atom is -0.319 e. The number of carbonyl (C=O) groups is 1. The summed E-state index contributed by atoms with van der Waals surface area (Å²) in [7, 11) is 0. The summed E-state index contributed by atoms with van der Waals surface area (Å²) in [5, 5.41) is 0. The maximum Gasteiger partial charge on any atom is 0.182 e. The molecule has 0 spiro atoms. The summed E-state index contributed by atoms with van der Waals surface area (Å²) in [6.45, 7) is 6.01. The Morgan fingerprint density at radius 3 is 2.38 bits per heavy atom. The smallest absolute Gasteiger partial charge is 0.182 e. The Bertz CT molecular complexity index is 367. The number of nitrogens with two attached hydrogens (primary N) is 1. The molecule has 2 N–H and O–H groups in total. The van der Waals surface area contributed by atoms with Crippen LogP contribution in [-0.2, 0) is 6.42 Å². The van der Waals surface area contributed by atoms with Crippen LogP contribution in [0, 0.1) is 0 Å². The maximum atomic E-state index is 12.3. The number of rotatable bonds is 5. The summed E-state index contributed by atoms with van der Waals surface area (Å²) in [5.74, 6) is 0.0628. The van der Waals surface area contributed by atoms with E-state index in [9.17, 15) is 4.79 Å². The maximum absolute atomic E-state index is 12.3. The summed E-state index contributed by atoms with van der Waals surface area (Å²) in [4.78, 5) is 12.3. The Morgan fingerprint density at radius 1 is 1.25 bits per heavy atom. The molecule has 0 unspecified atom stereocenters. The van der Waals surface area contributed by atoms with Gasteiger partial charge in [0.1, 0.15) is 0 Å². The first-order valence-corrected chi connectivity index (χ1v) is 6.00. The highest BCUT2D eigenvalue weighted by atomic mass is 16.1. The largest absolute Gasteiger partial charge is 0.319 e. The van der Waals surface area contributed by atoms with Crippen LogP contribution in [0.2, 0.25) is 0 Å². The van der Waals surface area contributed by atoms with E-state index in [4.69, 9.17) is 5.73 Å². The van der Waals surface area contributed by atoms with Crippen LogP contribution in [0.25, 0.3) is 0 Å². The van der Waals surface area contributed by atoms with Crippen molar-refractivity contribution in [2.75, 3.05) is 0 Å². The lowest BCUT2D eigenvalue weighted by molar-refractivity contribution is 0.0879.